The summed E-state index contributed by atoms with van der Waals surface area (Å²) in [4.78, 5) is 23.0. The molecule has 0 aromatic rings. The molecule has 0 unspecified atom stereocenters. The van der Waals surface area contributed by atoms with Gasteiger partial charge in [0.2, 0.25) is 0 Å². The second-order valence-corrected chi connectivity index (χ2v) is 13.4. The molecule has 1 fully saturated rings. The number of rotatable bonds is 8. The fraction of sp³-hybridized carbons (Fsp3) is 0.789. The zero-order chi connectivity index (χ0) is 18.5. The van der Waals surface area contributed by atoms with Crippen LogP contribution in [-0.4, -0.2) is 33.3 Å². The molecule has 1 saturated heterocycles. The topological polar surface area (TPSA) is 52.6 Å². The number of ether oxygens (including phenoxy) is 1. The summed E-state index contributed by atoms with van der Waals surface area (Å²) in [7, 11) is -2.00. The number of esters is 1. The first-order valence-corrected chi connectivity index (χ1v) is 11.8. The van der Waals surface area contributed by atoms with E-state index >= 15 is 0 Å². The van der Waals surface area contributed by atoms with Crippen molar-refractivity contribution >= 4 is 20.6 Å². The number of allylic oxidation sites excluding steroid dienone is 1. The standard InChI is InChI=1S/C19H34O4Si/c1-14(2)8-9-15-12-18(21)22-13-16(15)17(10-11-20)23-24(6,7)19(3,4)5/h11,15-17H,1,8-10,12-13H2,2-7H3/t15-,16-,17+/m1/s1. The van der Waals surface area contributed by atoms with Crippen LogP contribution in [0.2, 0.25) is 18.1 Å². The Balaban J connectivity index is 2.95. The number of aldehydes is 1. The van der Waals surface area contributed by atoms with E-state index in [-0.39, 0.29) is 28.9 Å². The van der Waals surface area contributed by atoms with Crippen molar-refractivity contribution in [2.75, 3.05) is 6.61 Å². The Kier molecular flexibility index (Phi) is 7.41. The first-order chi connectivity index (χ1) is 11.0. The van der Waals surface area contributed by atoms with E-state index in [0.29, 0.717) is 19.4 Å². The van der Waals surface area contributed by atoms with E-state index in [4.69, 9.17) is 9.16 Å². The highest BCUT2D eigenvalue weighted by Gasteiger charge is 2.43. The van der Waals surface area contributed by atoms with Crippen LogP contribution in [0.15, 0.2) is 12.2 Å². The molecule has 24 heavy (non-hydrogen) atoms. The van der Waals surface area contributed by atoms with Gasteiger partial charge in [0.1, 0.15) is 6.29 Å². The SMILES string of the molecule is C=C(C)CC[C@@H]1CC(=O)OC[C@H]1[C@H](CC=O)O[Si](C)(C)C(C)(C)C. The molecule has 0 aromatic heterocycles. The highest BCUT2D eigenvalue weighted by molar-refractivity contribution is 6.74. The maximum Gasteiger partial charge on any atom is 0.306 e. The summed E-state index contributed by atoms with van der Waals surface area (Å²) >= 11 is 0. The van der Waals surface area contributed by atoms with E-state index in [1.807, 2.05) is 6.92 Å². The lowest BCUT2D eigenvalue weighted by atomic mass is 9.80. The molecular weight excluding hydrogens is 320 g/mol. The van der Waals surface area contributed by atoms with Crippen molar-refractivity contribution in [2.24, 2.45) is 11.8 Å². The molecule has 5 heteroatoms. The van der Waals surface area contributed by atoms with Crippen molar-refractivity contribution in [3.63, 3.8) is 0 Å². The van der Waals surface area contributed by atoms with Crippen molar-refractivity contribution in [1.82, 2.24) is 0 Å². The summed E-state index contributed by atoms with van der Waals surface area (Å²) in [5.41, 5.74) is 1.12. The average Bonchev–Trinajstić information content (AvgIpc) is 2.43. The van der Waals surface area contributed by atoms with Gasteiger partial charge in [-0.15, -0.1) is 6.58 Å². The lowest BCUT2D eigenvalue weighted by molar-refractivity contribution is -0.156. The largest absolute Gasteiger partial charge is 0.465 e. The minimum absolute atomic E-state index is 0.0761. The van der Waals surface area contributed by atoms with E-state index < -0.39 is 8.32 Å². The highest BCUT2D eigenvalue weighted by atomic mass is 28.4. The lowest BCUT2D eigenvalue weighted by Crippen LogP contribution is -2.49. The Bertz CT molecular complexity index is 464. The van der Waals surface area contributed by atoms with E-state index in [9.17, 15) is 9.59 Å². The van der Waals surface area contributed by atoms with Crippen LogP contribution in [0.3, 0.4) is 0 Å². The molecule has 0 aliphatic carbocycles. The van der Waals surface area contributed by atoms with Gasteiger partial charge in [-0.2, -0.15) is 0 Å². The third-order valence-corrected chi connectivity index (χ3v) is 9.98. The van der Waals surface area contributed by atoms with Crippen molar-refractivity contribution in [3.8, 4) is 0 Å². The normalized spacial score (nSPS) is 23.5. The quantitative estimate of drug-likeness (QED) is 0.279. The minimum Gasteiger partial charge on any atom is -0.465 e. The fourth-order valence-electron chi connectivity index (χ4n) is 2.87. The number of hydrogen-bond acceptors (Lipinski definition) is 4. The van der Waals surface area contributed by atoms with Crippen LogP contribution in [0.4, 0.5) is 0 Å². The van der Waals surface area contributed by atoms with Crippen molar-refractivity contribution in [1.29, 1.82) is 0 Å². The van der Waals surface area contributed by atoms with Gasteiger partial charge in [-0.3, -0.25) is 4.79 Å². The van der Waals surface area contributed by atoms with Gasteiger partial charge in [0, 0.05) is 18.8 Å². The Morgan fingerprint density at radius 3 is 2.58 bits per heavy atom. The Labute approximate surface area is 148 Å². The predicted octanol–water partition coefficient (Wildman–Crippen LogP) is 4.50. The third-order valence-electron chi connectivity index (χ3n) is 5.47. The second-order valence-electron chi connectivity index (χ2n) is 8.63. The zero-order valence-electron chi connectivity index (χ0n) is 16.2. The molecule has 0 amide bonds. The summed E-state index contributed by atoms with van der Waals surface area (Å²) in [6.07, 6.45) is 3.32. The molecule has 1 heterocycles. The van der Waals surface area contributed by atoms with Crippen LogP contribution in [-0.2, 0) is 18.8 Å². The van der Waals surface area contributed by atoms with E-state index in [0.717, 1.165) is 24.7 Å². The molecule has 0 bridgehead atoms. The molecular formula is C19H34O4Si. The molecule has 0 aromatic carbocycles. The summed E-state index contributed by atoms with van der Waals surface area (Å²) < 4.78 is 11.9. The fourth-order valence-corrected chi connectivity index (χ4v) is 4.25. The van der Waals surface area contributed by atoms with E-state index in [2.05, 4.69) is 40.4 Å². The molecule has 0 radical (unpaired) electrons. The summed E-state index contributed by atoms with van der Waals surface area (Å²) in [5, 5.41) is 0.0761. The maximum absolute atomic E-state index is 11.7. The lowest BCUT2D eigenvalue weighted by Gasteiger charge is -2.43. The Hall–Kier alpha value is -0.943. The number of cyclic esters (lactones) is 1. The highest BCUT2D eigenvalue weighted by Crippen LogP contribution is 2.40. The van der Waals surface area contributed by atoms with Crippen LogP contribution in [0.25, 0.3) is 0 Å². The minimum atomic E-state index is -2.00. The van der Waals surface area contributed by atoms with Crippen LogP contribution in [0.1, 0.15) is 53.4 Å². The molecule has 0 N–H and O–H groups in total. The summed E-state index contributed by atoms with van der Waals surface area (Å²) in [6.45, 7) is 17.3. The zero-order valence-corrected chi connectivity index (χ0v) is 17.2. The van der Waals surface area contributed by atoms with Crippen LogP contribution in [0, 0.1) is 11.8 Å². The molecule has 3 atom stereocenters. The molecule has 4 nitrogen and oxygen atoms in total. The average molecular weight is 355 g/mol. The maximum atomic E-state index is 11.7. The first kappa shape index (κ1) is 21.1. The van der Waals surface area contributed by atoms with Crippen LogP contribution < -0.4 is 0 Å². The monoisotopic (exact) mass is 354 g/mol. The second kappa shape index (κ2) is 8.43. The molecule has 138 valence electrons. The van der Waals surface area contributed by atoms with Crippen molar-refractivity contribution in [3.05, 3.63) is 12.2 Å². The summed E-state index contributed by atoms with van der Waals surface area (Å²) in [6, 6.07) is 0. The predicted molar refractivity (Wildman–Crippen MR) is 99.4 cm³/mol. The molecule has 0 saturated carbocycles. The molecule has 1 aliphatic heterocycles. The van der Waals surface area contributed by atoms with Gasteiger partial charge in [-0.1, -0.05) is 26.3 Å². The summed E-state index contributed by atoms with van der Waals surface area (Å²) in [5.74, 6) is 0.134. The Morgan fingerprint density at radius 2 is 2.08 bits per heavy atom. The van der Waals surface area contributed by atoms with Gasteiger partial charge in [-0.05, 0) is 43.8 Å². The molecule has 1 rings (SSSR count). The Morgan fingerprint density at radius 1 is 1.46 bits per heavy atom. The van der Waals surface area contributed by atoms with Gasteiger partial charge in [0.05, 0.1) is 12.7 Å². The van der Waals surface area contributed by atoms with Gasteiger partial charge in [-0.25, -0.2) is 0 Å². The smallest absolute Gasteiger partial charge is 0.306 e. The number of hydrogen-bond donors (Lipinski definition) is 0. The molecule has 1 aliphatic rings. The van der Waals surface area contributed by atoms with E-state index in [1.165, 1.54) is 0 Å². The van der Waals surface area contributed by atoms with Crippen LogP contribution >= 0.6 is 0 Å². The number of carbonyl (C=O) groups excluding carboxylic acids is 2. The van der Waals surface area contributed by atoms with Crippen LogP contribution in [0.5, 0.6) is 0 Å². The van der Waals surface area contributed by atoms with E-state index in [1.54, 1.807) is 0 Å². The van der Waals surface area contributed by atoms with Gasteiger partial charge in [0.15, 0.2) is 8.32 Å². The van der Waals surface area contributed by atoms with Crippen molar-refractivity contribution in [2.45, 2.75) is 77.6 Å². The van der Waals surface area contributed by atoms with Crippen molar-refractivity contribution < 1.29 is 18.8 Å². The number of carbonyl (C=O) groups is 2. The van der Waals surface area contributed by atoms with Gasteiger partial charge < -0.3 is 14.0 Å². The van der Waals surface area contributed by atoms with Gasteiger partial charge in [0.25, 0.3) is 0 Å². The third kappa shape index (κ3) is 5.85. The molecule has 0 spiro atoms. The van der Waals surface area contributed by atoms with Gasteiger partial charge >= 0.3 is 5.97 Å². The first-order valence-electron chi connectivity index (χ1n) is 8.89.